The van der Waals surface area contributed by atoms with Crippen LogP contribution in [0.4, 0.5) is 5.69 Å². The number of benzene rings is 1. The first kappa shape index (κ1) is 19.3. The Hall–Kier alpha value is -2.42. The molecule has 0 bridgehead atoms. The van der Waals surface area contributed by atoms with E-state index in [-0.39, 0.29) is 23.6 Å². The van der Waals surface area contributed by atoms with Gasteiger partial charge in [0.1, 0.15) is 0 Å². The fourth-order valence-electron chi connectivity index (χ4n) is 3.26. The zero-order valence-electron chi connectivity index (χ0n) is 15.5. The summed E-state index contributed by atoms with van der Waals surface area (Å²) in [4.78, 5) is 23.6. The van der Waals surface area contributed by atoms with E-state index in [0.717, 1.165) is 12.1 Å². The van der Waals surface area contributed by atoms with Gasteiger partial charge in [-0.05, 0) is 47.4 Å². The number of thioether (sulfide) groups is 1. The molecule has 0 spiro atoms. The van der Waals surface area contributed by atoms with Gasteiger partial charge in [0, 0.05) is 18.7 Å². The number of hydrogen-bond acceptors (Lipinski definition) is 6. The van der Waals surface area contributed by atoms with E-state index >= 15 is 0 Å². The van der Waals surface area contributed by atoms with Gasteiger partial charge in [-0.15, -0.1) is 5.10 Å². The lowest BCUT2D eigenvalue weighted by molar-refractivity contribution is -0.119. The van der Waals surface area contributed by atoms with Crippen LogP contribution in [0.2, 0.25) is 0 Å². The number of amides is 2. The first-order valence-electron chi connectivity index (χ1n) is 9.11. The van der Waals surface area contributed by atoms with Gasteiger partial charge in [0.15, 0.2) is 0 Å². The number of aromatic nitrogens is 4. The molecule has 0 aliphatic heterocycles. The second-order valence-electron chi connectivity index (χ2n) is 6.83. The molecule has 2 atom stereocenters. The van der Waals surface area contributed by atoms with Crippen LogP contribution in [0.5, 0.6) is 0 Å². The van der Waals surface area contributed by atoms with E-state index in [4.69, 9.17) is 0 Å². The number of tetrazole rings is 1. The van der Waals surface area contributed by atoms with Crippen LogP contribution in [0.25, 0.3) is 5.69 Å². The average Bonchev–Trinajstić information content (AvgIpc) is 3.10. The summed E-state index contributed by atoms with van der Waals surface area (Å²) in [5.74, 6) is 0.636. The van der Waals surface area contributed by atoms with E-state index in [0.29, 0.717) is 16.8 Å². The number of nitrogens with zero attached hydrogens (tertiary/aromatic N) is 4. The van der Waals surface area contributed by atoms with Crippen LogP contribution in [0.15, 0.2) is 29.4 Å². The second kappa shape index (κ2) is 8.98. The molecule has 2 N–H and O–H groups in total. The number of hydrogen-bond donors (Lipinski definition) is 2. The zero-order chi connectivity index (χ0) is 19.2. The Morgan fingerprint density at radius 3 is 2.89 bits per heavy atom. The minimum absolute atomic E-state index is 0.000275. The van der Waals surface area contributed by atoms with Gasteiger partial charge in [-0.25, -0.2) is 0 Å². The van der Waals surface area contributed by atoms with Crippen LogP contribution in [0.1, 0.15) is 39.5 Å². The summed E-state index contributed by atoms with van der Waals surface area (Å²) in [6.07, 6.45) is 4.63. The van der Waals surface area contributed by atoms with E-state index in [1.165, 1.54) is 37.9 Å². The molecule has 1 heterocycles. The van der Waals surface area contributed by atoms with Gasteiger partial charge in [-0.3, -0.25) is 9.59 Å². The molecule has 8 nitrogen and oxygen atoms in total. The molecule has 9 heteroatoms. The first-order chi connectivity index (χ1) is 13.0. The lowest BCUT2D eigenvalue weighted by Gasteiger charge is -2.29. The molecule has 0 unspecified atom stereocenters. The predicted octanol–water partition coefficient (Wildman–Crippen LogP) is 2.41. The topological polar surface area (TPSA) is 102 Å². The maximum Gasteiger partial charge on any atom is 0.230 e. The van der Waals surface area contributed by atoms with Gasteiger partial charge >= 0.3 is 0 Å². The Bertz CT molecular complexity index is 809. The molecular weight excluding hydrogens is 364 g/mol. The highest BCUT2D eigenvalue weighted by Gasteiger charge is 2.23. The van der Waals surface area contributed by atoms with Crippen LogP contribution in [-0.2, 0) is 9.59 Å². The number of carbonyl (C=O) groups is 2. The van der Waals surface area contributed by atoms with Crippen molar-refractivity contribution in [2.24, 2.45) is 5.92 Å². The van der Waals surface area contributed by atoms with Crippen molar-refractivity contribution in [3.8, 4) is 5.69 Å². The SMILES string of the molecule is CC(=O)Nc1cccc(-n2nnnc2SCC(=O)N[C@@H]2CCCC[C@@H]2C)c1. The van der Waals surface area contributed by atoms with Crippen molar-refractivity contribution in [1.82, 2.24) is 25.5 Å². The molecule has 3 rings (SSSR count). The van der Waals surface area contributed by atoms with Gasteiger partial charge in [0.05, 0.1) is 11.4 Å². The second-order valence-corrected chi connectivity index (χ2v) is 7.77. The summed E-state index contributed by atoms with van der Waals surface area (Å²) in [6.45, 7) is 3.65. The third-order valence-corrected chi connectivity index (χ3v) is 5.56. The van der Waals surface area contributed by atoms with Crippen molar-refractivity contribution < 1.29 is 9.59 Å². The van der Waals surface area contributed by atoms with Gasteiger partial charge in [-0.2, -0.15) is 4.68 Å². The number of anilines is 1. The molecule has 1 aliphatic rings. The molecule has 1 saturated carbocycles. The average molecular weight is 388 g/mol. The Kier molecular flexibility index (Phi) is 6.44. The lowest BCUT2D eigenvalue weighted by atomic mass is 9.86. The van der Waals surface area contributed by atoms with E-state index in [2.05, 4.69) is 33.1 Å². The fourth-order valence-corrected chi connectivity index (χ4v) is 3.96. The van der Waals surface area contributed by atoms with E-state index < -0.39 is 0 Å². The molecule has 1 aliphatic carbocycles. The molecule has 144 valence electrons. The normalized spacial score (nSPS) is 19.5. The Balaban J connectivity index is 1.62. The van der Waals surface area contributed by atoms with Gasteiger partial charge in [0.25, 0.3) is 0 Å². The van der Waals surface area contributed by atoms with Crippen molar-refractivity contribution in [1.29, 1.82) is 0 Å². The monoisotopic (exact) mass is 388 g/mol. The van der Waals surface area contributed by atoms with Crippen molar-refractivity contribution in [2.45, 2.75) is 50.7 Å². The van der Waals surface area contributed by atoms with Crippen LogP contribution in [-0.4, -0.2) is 43.8 Å². The highest BCUT2D eigenvalue weighted by molar-refractivity contribution is 7.99. The number of carbonyl (C=O) groups excluding carboxylic acids is 2. The molecule has 1 aromatic carbocycles. The minimum Gasteiger partial charge on any atom is -0.352 e. The molecule has 1 aromatic heterocycles. The largest absolute Gasteiger partial charge is 0.352 e. The van der Waals surface area contributed by atoms with Crippen LogP contribution >= 0.6 is 11.8 Å². The summed E-state index contributed by atoms with van der Waals surface area (Å²) in [6, 6.07) is 7.49. The van der Waals surface area contributed by atoms with Crippen molar-refractivity contribution >= 4 is 29.3 Å². The summed E-state index contributed by atoms with van der Waals surface area (Å²) in [5, 5.41) is 18.1. The molecular formula is C18H24N6O2S. The third-order valence-electron chi connectivity index (χ3n) is 4.64. The van der Waals surface area contributed by atoms with E-state index in [1.54, 1.807) is 16.8 Å². The predicted molar refractivity (Wildman–Crippen MR) is 104 cm³/mol. The van der Waals surface area contributed by atoms with Crippen LogP contribution < -0.4 is 10.6 Å². The lowest BCUT2D eigenvalue weighted by Crippen LogP contribution is -2.41. The standard InChI is InChI=1S/C18H24N6O2S/c1-12-6-3-4-9-16(12)20-17(26)11-27-18-21-22-23-24(18)15-8-5-7-14(10-15)19-13(2)25/h5,7-8,10,12,16H,3-4,6,9,11H2,1-2H3,(H,19,25)(H,20,26)/t12-,16+/m0/s1. The summed E-state index contributed by atoms with van der Waals surface area (Å²) in [5.41, 5.74) is 1.38. The zero-order valence-corrected chi connectivity index (χ0v) is 16.3. The van der Waals surface area contributed by atoms with E-state index in [9.17, 15) is 9.59 Å². The Morgan fingerprint density at radius 2 is 2.11 bits per heavy atom. The smallest absolute Gasteiger partial charge is 0.230 e. The van der Waals surface area contributed by atoms with Crippen molar-refractivity contribution in [3.05, 3.63) is 24.3 Å². The maximum absolute atomic E-state index is 12.3. The Labute approximate surface area is 162 Å². The number of nitrogens with one attached hydrogen (secondary N) is 2. The first-order valence-corrected chi connectivity index (χ1v) is 10.1. The highest BCUT2D eigenvalue weighted by atomic mass is 32.2. The van der Waals surface area contributed by atoms with Gasteiger partial charge in [0.2, 0.25) is 17.0 Å². The maximum atomic E-state index is 12.3. The fraction of sp³-hybridized carbons (Fsp3) is 0.500. The van der Waals surface area contributed by atoms with Crippen LogP contribution in [0, 0.1) is 5.92 Å². The summed E-state index contributed by atoms with van der Waals surface area (Å²) in [7, 11) is 0. The molecule has 2 aromatic rings. The molecule has 2 amide bonds. The minimum atomic E-state index is -0.146. The van der Waals surface area contributed by atoms with Crippen LogP contribution in [0.3, 0.4) is 0 Å². The Morgan fingerprint density at radius 1 is 1.30 bits per heavy atom. The summed E-state index contributed by atoms with van der Waals surface area (Å²) >= 11 is 1.29. The molecule has 0 saturated heterocycles. The highest BCUT2D eigenvalue weighted by Crippen LogP contribution is 2.24. The van der Waals surface area contributed by atoms with E-state index in [1.807, 2.05) is 12.1 Å². The molecule has 0 radical (unpaired) electrons. The molecule has 1 fully saturated rings. The quantitative estimate of drug-likeness (QED) is 0.737. The third kappa shape index (κ3) is 5.29. The van der Waals surface area contributed by atoms with Crippen molar-refractivity contribution in [3.63, 3.8) is 0 Å². The van der Waals surface area contributed by atoms with Crippen molar-refractivity contribution in [2.75, 3.05) is 11.1 Å². The summed E-state index contributed by atoms with van der Waals surface area (Å²) < 4.78 is 1.56. The van der Waals surface area contributed by atoms with Gasteiger partial charge in [-0.1, -0.05) is 37.6 Å². The van der Waals surface area contributed by atoms with Gasteiger partial charge < -0.3 is 10.6 Å². The number of rotatable bonds is 6. The molecule has 27 heavy (non-hydrogen) atoms.